The van der Waals surface area contributed by atoms with Gasteiger partial charge in [0.2, 0.25) is 10.0 Å². The van der Waals surface area contributed by atoms with Crippen LogP contribution in [0.15, 0.2) is 47.4 Å². The van der Waals surface area contributed by atoms with Gasteiger partial charge in [-0.1, -0.05) is 23.7 Å². The highest BCUT2D eigenvalue weighted by molar-refractivity contribution is 7.89. The lowest BCUT2D eigenvalue weighted by molar-refractivity contribution is 0.0521. The normalized spacial score (nSPS) is 20.2. The highest BCUT2D eigenvalue weighted by Crippen LogP contribution is 2.31. The van der Waals surface area contributed by atoms with Crippen molar-refractivity contribution in [2.24, 2.45) is 0 Å². The molecule has 4 rings (SSSR count). The molecule has 0 aliphatic carbocycles. The van der Waals surface area contributed by atoms with E-state index in [-0.39, 0.29) is 46.7 Å². The number of rotatable bonds is 7. The average molecular weight is 481 g/mol. The Balaban J connectivity index is 1.43. The molecule has 2 aliphatic rings. The molecule has 2 aromatic rings. The number of fused-ring (bicyclic) bond motifs is 1. The molecule has 0 saturated carbocycles. The van der Waals surface area contributed by atoms with Gasteiger partial charge in [-0.3, -0.25) is 4.79 Å². The van der Waals surface area contributed by atoms with Crippen molar-refractivity contribution in [3.05, 3.63) is 53.1 Å². The van der Waals surface area contributed by atoms with Crippen molar-refractivity contribution in [2.75, 3.05) is 33.4 Å². The molecule has 1 N–H and O–H groups in total. The molecular formula is C22H25ClN2O6S. The lowest BCUT2D eigenvalue weighted by atomic mass is 10.2. The summed E-state index contributed by atoms with van der Waals surface area (Å²) in [6.45, 7) is 1.37. The Hall–Kier alpha value is -2.33. The number of sulfonamides is 1. The van der Waals surface area contributed by atoms with Crippen LogP contribution in [0, 0.1) is 0 Å². The molecule has 10 heteroatoms. The molecule has 172 valence electrons. The Labute approximate surface area is 192 Å². The van der Waals surface area contributed by atoms with Crippen molar-refractivity contribution in [3.63, 3.8) is 0 Å². The minimum Gasteiger partial charge on any atom is -0.486 e. The molecule has 8 nitrogen and oxygen atoms in total. The van der Waals surface area contributed by atoms with Gasteiger partial charge in [0.15, 0.2) is 17.6 Å². The number of ether oxygens (including phenoxy) is 3. The van der Waals surface area contributed by atoms with Crippen molar-refractivity contribution in [3.8, 4) is 11.5 Å². The Morgan fingerprint density at radius 2 is 1.97 bits per heavy atom. The van der Waals surface area contributed by atoms with Crippen molar-refractivity contribution >= 4 is 27.5 Å². The van der Waals surface area contributed by atoms with Crippen molar-refractivity contribution in [2.45, 2.75) is 29.9 Å². The van der Waals surface area contributed by atoms with E-state index in [2.05, 4.69) is 4.72 Å². The number of para-hydroxylation sites is 2. The number of hydrogen-bond donors (Lipinski definition) is 1. The van der Waals surface area contributed by atoms with E-state index in [1.807, 2.05) is 24.3 Å². The summed E-state index contributed by atoms with van der Waals surface area (Å²) in [5.74, 6) is 0.947. The minimum absolute atomic E-state index is 0.0460. The van der Waals surface area contributed by atoms with E-state index in [1.54, 1.807) is 7.05 Å². The van der Waals surface area contributed by atoms with Crippen LogP contribution in [0.4, 0.5) is 0 Å². The van der Waals surface area contributed by atoms with E-state index in [1.165, 1.54) is 23.1 Å². The molecule has 2 aliphatic heterocycles. The molecule has 0 bridgehead atoms. The zero-order valence-corrected chi connectivity index (χ0v) is 19.2. The number of nitrogens with zero attached hydrogens (tertiary/aromatic N) is 1. The summed E-state index contributed by atoms with van der Waals surface area (Å²) in [4.78, 5) is 14.3. The number of amides is 1. The summed E-state index contributed by atoms with van der Waals surface area (Å²) in [6, 6.07) is 11.6. The van der Waals surface area contributed by atoms with Gasteiger partial charge in [-0.25, -0.2) is 13.1 Å². The monoisotopic (exact) mass is 480 g/mol. The van der Waals surface area contributed by atoms with Crippen LogP contribution in [0.25, 0.3) is 0 Å². The number of nitrogens with one attached hydrogen (secondary N) is 1. The van der Waals surface area contributed by atoms with Crippen molar-refractivity contribution in [1.82, 2.24) is 9.62 Å². The van der Waals surface area contributed by atoms with Crippen molar-refractivity contribution < 1.29 is 27.4 Å². The van der Waals surface area contributed by atoms with Gasteiger partial charge >= 0.3 is 0 Å². The maximum atomic E-state index is 13.0. The first-order valence-corrected chi connectivity index (χ1v) is 12.2. The molecule has 2 atom stereocenters. The quantitative estimate of drug-likeness (QED) is 0.654. The average Bonchev–Trinajstić information content (AvgIpc) is 3.31. The third-order valence-electron chi connectivity index (χ3n) is 5.38. The fourth-order valence-electron chi connectivity index (χ4n) is 3.69. The largest absolute Gasteiger partial charge is 0.486 e. The topological polar surface area (TPSA) is 94.2 Å². The van der Waals surface area contributed by atoms with Gasteiger partial charge in [0.1, 0.15) is 11.5 Å². The first kappa shape index (κ1) is 22.8. The second-order valence-corrected chi connectivity index (χ2v) is 9.96. The van der Waals surface area contributed by atoms with Crippen molar-refractivity contribution in [1.29, 1.82) is 0 Å². The first-order chi connectivity index (χ1) is 15.3. The van der Waals surface area contributed by atoms with Crippen LogP contribution in [0.5, 0.6) is 11.5 Å². The maximum absolute atomic E-state index is 13.0. The zero-order chi connectivity index (χ0) is 22.7. The third kappa shape index (κ3) is 5.17. The lowest BCUT2D eigenvalue weighted by Gasteiger charge is -2.29. The Morgan fingerprint density at radius 3 is 2.72 bits per heavy atom. The van der Waals surface area contributed by atoms with Gasteiger partial charge in [-0.05, 0) is 43.2 Å². The van der Waals surface area contributed by atoms with E-state index in [0.29, 0.717) is 24.7 Å². The fourth-order valence-corrected chi connectivity index (χ4v) is 5.28. The smallest absolute Gasteiger partial charge is 0.253 e. The molecule has 1 saturated heterocycles. The highest BCUT2D eigenvalue weighted by Gasteiger charge is 2.26. The summed E-state index contributed by atoms with van der Waals surface area (Å²) >= 11 is 6.15. The van der Waals surface area contributed by atoms with Gasteiger partial charge in [0.25, 0.3) is 5.91 Å². The van der Waals surface area contributed by atoms with Crippen LogP contribution in [-0.2, 0) is 14.8 Å². The molecule has 2 heterocycles. The zero-order valence-electron chi connectivity index (χ0n) is 17.6. The van der Waals surface area contributed by atoms with Gasteiger partial charge in [-0.2, -0.15) is 0 Å². The summed E-state index contributed by atoms with van der Waals surface area (Å²) in [7, 11) is -2.27. The fraction of sp³-hybridized carbons (Fsp3) is 0.409. The number of carbonyl (C=O) groups is 1. The maximum Gasteiger partial charge on any atom is 0.253 e. The molecule has 2 aromatic carbocycles. The molecular weight excluding hydrogens is 456 g/mol. The Kier molecular flexibility index (Phi) is 6.90. The number of benzene rings is 2. The minimum atomic E-state index is -3.90. The Bertz CT molecular complexity index is 1090. The lowest BCUT2D eigenvalue weighted by Crippen LogP contribution is -2.41. The Morgan fingerprint density at radius 1 is 1.19 bits per heavy atom. The standard InChI is InChI=1S/C22H25ClN2O6S/c1-25(13-17-14-30-19-6-2-3-7-20(19)31-17)22(26)15-8-9-18(23)21(11-15)32(27,28)24-12-16-5-4-10-29-16/h2-3,6-9,11,16-17,24H,4-5,10,12-14H2,1H3. The van der Waals surface area contributed by atoms with Gasteiger partial charge in [0.05, 0.1) is 17.7 Å². The second-order valence-electron chi connectivity index (χ2n) is 7.82. The molecule has 0 spiro atoms. The van der Waals surface area contributed by atoms with Gasteiger partial charge in [0, 0.05) is 25.8 Å². The molecule has 0 radical (unpaired) electrons. The molecule has 2 unspecified atom stereocenters. The van der Waals surface area contributed by atoms with E-state index in [0.717, 1.165) is 12.8 Å². The SMILES string of the molecule is CN(CC1COc2ccccc2O1)C(=O)c1ccc(Cl)c(S(=O)(=O)NCC2CCCO2)c1. The van der Waals surface area contributed by atoms with E-state index >= 15 is 0 Å². The van der Waals surface area contributed by atoms with E-state index in [4.69, 9.17) is 25.8 Å². The van der Waals surface area contributed by atoms with E-state index in [9.17, 15) is 13.2 Å². The van der Waals surface area contributed by atoms with Crippen LogP contribution in [0.2, 0.25) is 5.02 Å². The molecule has 32 heavy (non-hydrogen) atoms. The number of hydrogen-bond acceptors (Lipinski definition) is 6. The number of likely N-dealkylation sites (N-methyl/N-ethyl adjacent to an activating group) is 1. The summed E-state index contributed by atoms with van der Waals surface area (Å²) < 4.78 is 45.1. The predicted octanol–water partition coefficient (Wildman–Crippen LogP) is 2.71. The first-order valence-electron chi connectivity index (χ1n) is 10.4. The summed E-state index contributed by atoms with van der Waals surface area (Å²) in [5, 5.41) is 0.0460. The van der Waals surface area contributed by atoms with Crippen LogP contribution < -0.4 is 14.2 Å². The number of halogens is 1. The summed E-state index contributed by atoms with van der Waals surface area (Å²) in [5.41, 5.74) is 0.214. The number of carbonyl (C=O) groups excluding carboxylic acids is 1. The van der Waals surface area contributed by atoms with Crippen LogP contribution in [0.1, 0.15) is 23.2 Å². The second kappa shape index (κ2) is 9.66. The third-order valence-corrected chi connectivity index (χ3v) is 7.29. The molecule has 1 amide bonds. The molecule has 0 aromatic heterocycles. The van der Waals surface area contributed by atoms with Gasteiger partial charge < -0.3 is 19.1 Å². The van der Waals surface area contributed by atoms with Gasteiger partial charge in [-0.15, -0.1) is 0 Å². The summed E-state index contributed by atoms with van der Waals surface area (Å²) in [6.07, 6.45) is 1.21. The predicted molar refractivity (Wildman–Crippen MR) is 119 cm³/mol. The molecule has 1 fully saturated rings. The van der Waals surface area contributed by atoms with E-state index < -0.39 is 10.0 Å². The highest BCUT2D eigenvalue weighted by atomic mass is 35.5. The van der Waals surface area contributed by atoms with Crippen LogP contribution in [-0.4, -0.2) is 64.8 Å². The van der Waals surface area contributed by atoms with Crippen LogP contribution in [0.3, 0.4) is 0 Å². The van der Waals surface area contributed by atoms with Crippen LogP contribution >= 0.6 is 11.6 Å².